The summed E-state index contributed by atoms with van der Waals surface area (Å²) in [4.78, 5) is 19.5. The molecule has 0 unspecified atom stereocenters. The predicted octanol–water partition coefficient (Wildman–Crippen LogP) is 2.56. The minimum absolute atomic E-state index is 0.0115. The van der Waals surface area contributed by atoms with Crippen LogP contribution in [0.1, 0.15) is 11.3 Å². The van der Waals surface area contributed by atoms with Crippen LogP contribution in [-0.4, -0.2) is 36.1 Å². The lowest BCUT2D eigenvalue weighted by atomic mass is 10.1. The Balaban J connectivity index is 1.77. The first-order valence-electron chi connectivity index (χ1n) is 7.19. The highest BCUT2D eigenvalue weighted by atomic mass is 32.1. The van der Waals surface area contributed by atoms with Crippen molar-refractivity contribution in [3.05, 3.63) is 45.0 Å². The summed E-state index contributed by atoms with van der Waals surface area (Å²) < 4.78 is 0. The van der Waals surface area contributed by atoms with E-state index in [9.17, 15) is 10.1 Å². The highest BCUT2D eigenvalue weighted by Crippen LogP contribution is 2.31. The Kier molecular flexibility index (Phi) is 4.12. The molecule has 1 aliphatic heterocycles. The molecule has 2 aromatic rings. The van der Waals surface area contributed by atoms with Crippen LogP contribution in [-0.2, 0) is 0 Å². The highest BCUT2D eigenvalue weighted by Gasteiger charge is 2.25. The summed E-state index contributed by atoms with van der Waals surface area (Å²) in [6, 6.07) is 6.57. The van der Waals surface area contributed by atoms with Crippen LogP contribution in [0.2, 0.25) is 0 Å². The normalized spacial score (nSPS) is 14.6. The van der Waals surface area contributed by atoms with Crippen molar-refractivity contribution in [3.8, 4) is 6.07 Å². The molecule has 2 heterocycles. The number of piperazine rings is 1. The van der Waals surface area contributed by atoms with Gasteiger partial charge in [0.2, 0.25) is 0 Å². The van der Waals surface area contributed by atoms with Gasteiger partial charge in [0.1, 0.15) is 5.69 Å². The average Bonchev–Trinajstić information content (AvgIpc) is 3.01. The van der Waals surface area contributed by atoms with Gasteiger partial charge in [-0.15, -0.1) is 11.3 Å². The summed E-state index contributed by atoms with van der Waals surface area (Å²) in [6.07, 6.45) is 0. The van der Waals surface area contributed by atoms with E-state index in [2.05, 4.69) is 9.88 Å². The lowest BCUT2D eigenvalue weighted by molar-refractivity contribution is -0.384. The molecule has 0 amide bonds. The number of aromatic nitrogens is 1. The second kappa shape index (κ2) is 6.22. The number of nitro benzene ring substituents is 1. The van der Waals surface area contributed by atoms with Crippen LogP contribution in [0, 0.1) is 28.4 Å². The van der Waals surface area contributed by atoms with Gasteiger partial charge in [-0.2, -0.15) is 5.26 Å². The number of anilines is 2. The SMILES string of the molecule is Cc1csc(N2CCN(c3ccc(C#N)cc3[N+](=O)[O-])CC2)n1. The maximum Gasteiger partial charge on any atom is 0.293 e. The smallest absolute Gasteiger partial charge is 0.293 e. The molecule has 8 heteroatoms. The van der Waals surface area contributed by atoms with Gasteiger partial charge in [0.15, 0.2) is 5.13 Å². The molecule has 0 spiro atoms. The molecule has 0 saturated carbocycles. The van der Waals surface area contributed by atoms with E-state index < -0.39 is 4.92 Å². The highest BCUT2D eigenvalue weighted by molar-refractivity contribution is 7.13. The number of rotatable bonds is 3. The first-order valence-corrected chi connectivity index (χ1v) is 8.07. The maximum absolute atomic E-state index is 11.3. The summed E-state index contributed by atoms with van der Waals surface area (Å²) >= 11 is 1.62. The van der Waals surface area contributed by atoms with E-state index in [1.54, 1.807) is 23.5 Å². The van der Waals surface area contributed by atoms with E-state index in [1.807, 2.05) is 23.3 Å². The van der Waals surface area contributed by atoms with Crippen LogP contribution in [0.5, 0.6) is 0 Å². The Morgan fingerprint density at radius 2 is 2.00 bits per heavy atom. The van der Waals surface area contributed by atoms with Gasteiger partial charge >= 0.3 is 0 Å². The predicted molar refractivity (Wildman–Crippen MR) is 89.1 cm³/mol. The molecule has 0 N–H and O–H groups in total. The largest absolute Gasteiger partial charge is 0.362 e. The molecule has 0 bridgehead atoms. The second-order valence-corrected chi connectivity index (χ2v) is 6.15. The van der Waals surface area contributed by atoms with Gasteiger partial charge in [0.25, 0.3) is 5.69 Å². The van der Waals surface area contributed by atoms with Gasteiger partial charge in [-0.05, 0) is 19.1 Å². The summed E-state index contributed by atoms with van der Waals surface area (Å²) in [5.74, 6) is 0. The van der Waals surface area contributed by atoms with Crippen LogP contribution in [0.4, 0.5) is 16.5 Å². The van der Waals surface area contributed by atoms with Gasteiger partial charge in [-0.25, -0.2) is 4.98 Å². The lowest BCUT2D eigenvalue weighted by Gasteiger charge is -2.35. The van der Waals surface area contributed by atoms with Gasteiger partial charge in [0, 0.05) is 37.6 Å². The zero-order valence-electron chi connectivity index (χ0n) is 12.6. The molecule has 118 valence electrons. The molecule has 3 rings (SSSR count). The van der Waals surface area contributed by atoms with Crippen molar-refractivity contribution in [2.24, 2.45) is 0 Å². The third-order valence-corrected chi connectivity index (χ3v) is 4.82. The zero-order valence-corrected chi connectivity index (χ0v) is 13.4. The van der Waals surface area contributed by atoms with Crippen LogP contribution in [0.15, 0.2) is 23.6 Å². The number of benzene rings is 1. The third kappa shape index (κ3) is 3.10. The fourth-order valence-corrected chi connectivity index (χ4v) is 3.49. The summed E-state index contributed by atoms with van der Waals surface area (Å²) in [6.45, 7) is 4.88. The number of hydrogen-bond acceptors (Lipinski definition) is 7. The average molecular weight is 329 g/mol. The summed E-state index contributed by atoms with van der Waals surface area (Å²) in [5, 5.41) is 23.2. The number of nitriles is 1. The molecule has 0 radical (unpaired) electrons. The topological polar surface area (TPSA) is 86.3 Å². The molecule has 0 aliphatic carbocycles. The maximum atomic E-state index is 11.3. The van der Waals surface area contributed by atoms with Crippen molar-refractivity contribution >= 4 is 27.8 Å². The number of hydrogen-bond donors (Lipinski definition) is 0. The molecule has 23 heavy (non-hydrogen) atoms. The monoisotopic (exact) mass is 329 g/mol. The van der Waals surface area contributed by atoms with Crippen LogP contribution in [0.25, 0.3) is 0 Å². The van der Waals surface area contributed by atoms with Gasteiger partial charge in [-0.1, -0.05) is 0 Å². The first-order chi connectivity index (χ1) is 11.1. The van der Waals surface area contributed by atoms with E-state index in [4.69, 9.17) is 5.26 Å². The molecule has 1 fully saturated rings. The Morgan fingerprint density at radius 3 is 2.57 bits per heavy atom. The van der Waals surface area contributed by atoms with E-state index in [1.165, 1.54) is 6.07 Å². The third-order valence-electron chi connectivity index (χ3n) is 3.80. The second-order valence-electron chi connectivity index (χ2n) is 5.32. The van der Waals surface area contributed by atoms with E-state index >= 15 is 0 Å². The molecule has 0 atom stereocenters. The fraction of sp³-hybridized carbons (Fsp3) is 0.333. The van der Waals surface area contributed by atoms with Crippen molar-refractivity contribution in [2.45, 2.75) is 6.92 Å². The van der Waals surface area contributed by atoms with Crippen molar-refractivity contribution in [1.29, 1.82) is 5.26 Å². The van der Waals surface area contributed by atoms with E-state index in [0.29, 0.717) is 24.3 Å². The lowest BCUT2D eigenvalue weighted by Crippen LogP contribution is -2.46. The number of aryl methyl sites for hydroxylation is 1. The summed E-state index contributed by atoms with van der Waals surface area (Å²) in [5.41, 5.74) is 1.87. The Labute approximate surface area is 137 Å². The van der Waals surface area contributed by atoms with E-state index in [0.717, 1.165) is 23.9 Å². The first kappa shape index (κ1) is 15.2. The van der Waals surface area contributed by atoms with Crippen LogP contribution >= 0.6 is 11.3 Å². The zero-order chi connectivity index (χ0) is 16.4. The molecule has 1 aliphatic rings. The fourth-order valence-electron chi connectivity index (χ4n) is 2.63. The van der Waals surface area contributed by atoms with Crippen LogP contribution in [0.3, 0.4) is 0 Å². The number of nitrogens with zero attached hydrogens (tertiary/aromatic N) is 5. The van der Waals surface area contributed by atoms with Crippen molar-refractivity contribution < 1.29 is 4.92 Å². The van der Waals surface area contributed by atoms with Crippen molar-refractivity contribution in [2.75, 3.05) is 36.0 Å². The van der Waals surface area contributed by atoms with Crippen molar-refractivity contribution in [3.63, 3.8) is 0 Å². The summed E-state index contributed by atoms with van der Waals surface area (Å²) in [7, 11) is 0. The molecule has 1 saturated heterocycles. The standard InChI is InChI=1S/C15H15N5O2S/c1-11-10-23-15(17-11)19-6-4-18(5-7-19)13-3-2-12(9-16)8-14(13)20(21)22/h2-3,8,10H,4-7H2,1H3. The Bertz CT molecular complexity index is 774. The molecular formula is C15H15N5O2S. The van der Waals surface area contributed by atoms with Crippen LogP contribution < -0.4 is 9.80 Å². The minimum atomic E-state index is -0.424. The molecular weight excluding hydrogens is 314 g/mol. The molecule has 1 aromatic heterocycles. The number of thiazole rings is 1. The van der Waals surface area contributed by atoms with Gasteiger partial charge < -0.3 is 9.80 Å². The quantitative estimate of drug-likeness (QED) is 0.635. The molecule has 1 aromatic carbocycles. The van der Waals surface area contributed by atoms with Gasteiger partial charge in [-0.3, -0.25) is 10.1 Å². The van der Waals surface area contributed by atoms with E-state index in [-0.39, 0.29) is 5.69 Å². The minimum Gasteiger partial charge on any atom is -0.362 e. The number of nitro groups is 1. The molecule has 7 nitrogen and oxygen atoms in total. The van der Waals surface area contributed by atoms with Gasteiger partial charge in [0.05, 0.1) is 22.2 Å². The Morgan fingerprint density at radius 1 is 1.30 bits per heavy atom. The Hall–Kier alpha value is -2.66. The van der Waals surface area contributed by atoms with Crippen molar-refractivity contribution in [1.82, 2.24) is 4.98 Å².